The van der Waals surface area contributed by atoms with Crippen LogP contribution in [0.1, 0.15) is 6.42 Å². The standard InChI is InChI=1S/C19H25ClN2O2.C2H2O4/c20-19-17-5-2-1-4-16(17)6-7-18(19)24-13-3-8-21-9-10-22-11-14-23-15-12-22;3-1(4)2(5)6/h1-2,4-7,21H,3,8-15H2;(H,3,4)(H,5,6). The lowest BCUT2D eigenvalue weighted by Crippen LogP contribution is -2.40. The summed E-state index contributed by atoms with van der Waals surface area (Å²) in [7, 11) is 0. The lowest BCUT2D eigenvalue weighted by Gasteiger charge is -2.26. The van der Waals surface area contributed by atoms with Crippen LogP contribution in [0.25, 0.3) is 10.8 Å². The number of hydrogen-bond acceptors (Lipinski definition) is 6. The number of aliphatic carboxylic acids is 2. The first-order chi connectivity index (χ1) is 14.5. The Morgan fingerprint density at radius 2 is 1.77 bits per heavy atom. The average molecular weight is 439 g/mol. The Morgan fingerprint density at radius 3 is 2.47 bits per heavy atom. The van der Waals surface area contributed by atoms with Crippen LogP contribution < -0.4 is 10.1 Å². The second-order valence-electron chi connectivity index (χ2n) is 6.62. The molecule has 9 heteroatoms. The highest BCUT2D eigenvalue weighted by molar-refractivity contribution is 6.37. The molecule has 0 radical (unpaired) electrons. The topological polar surface area (TPSA) is 108 Å². The number of nitrogens with one attached hydrogen (secondary N) is 1. The molecule has 30 heavy (non-hydrogen) atoms. The van der Waals surface area contributed by atoms with Gasteiger partial charge in [-0.15, -0.1) is 0 Å². The van der Waals surface area contributed by atoms with Crippen LogP contribution in [0.15, 0.2) is 36.4 Å². The molecule has 2 aromatic carbocycles. The molecule has 0 atom stereocenters. The van der Waals surface area contributed by atoms with Gasteiger partial charge < -0.3 is 25.0 Å². The summed E-state index contributed by atoms with van der Waals surface area (Å²) in [6.45, 7) is 7.53. The number of carboxylic acids is 2. The number of carbonyl (C=O) groups is 2. The molecule has 164 valence electrons. The van der Waals surface area contributed by atoms with E-state index in [1.807, 2.05) is 24.3 Å². The van der Waals surface area contributed by atoms with Crippen molar-refractivity contribution in [2.75, 3.05) is 52.5 Å². The van der Waals surface area contributed by atoms with Gasteiger partial charge in [-0.25, -0.2) is 9.59 Å². The molecule has 3 rings (SSSR count). The van der Waals surface area contributed by atoms with Gasteiger partial charge in [-0.2, -0.15) is 0 Å². The van der Waals surface area contributed by atoms with Crippen LogP contribution in [0.3, 0.4) is 0 Å². The molecule has 1 aliphatic rings. The van der Waals surface area contributed by atoms with E-state index in [2.05, 4.69) is 22.3 Å². The van der Waals surface area contributed by atoms with Gasteiger partial charge in [-0.3, -0.25) is 4.90 Å². The van der Waals surface area contributed by atoms with Gasteiger partial charge >= 0.3 is 11.9 Å². The molecule has 1 aliphatic heterocycles. The zero-order valence-electron chi connectivity index (χ0n) is 16.7. The van der Waals surface area contributed by atoms with Crippen LogP contribution in [0.5, 0.6) is 5.75 Å². The first-order valence-electron chi connectivity index (χ1n) is 9.76. The summed E-state index contributed by atoms with van der Waals surface area (Å²) in [5.74, 6) is -2.88. The van der Waals surface area contributed by atoms with E-state index in [1.54, 1.807) is 0 Å². The highest BCUT2D eigenvalue weighted by Crippen LogP contribution is 2.32. The summed E-state index contributed by atoms with van der Waals surface area (Å²) >= 11 is 6.43. The highest BCUT2D eigenvalue weighted by Gasteiger charge is 2.09. The lowest BCUT2D eigenvalue weighted by atomic mass is 10.1. The van der Waals surface area contributed by atoms with Crippen LogP contribution >= 0.6 is 11.6 Å². The maximum Gasteiger partial charge on any atom is 0.414 e. The fraction of sp³-hybridized carbons (Fsp3) is 0.429. The van der Waals surface area contributed by atoms with E-state index >= 15 is 0 Å². The molecule has 8 nitrogen and oxygen atoms in total. The number of halogens is 1. The molecule has 2 aromatic rings. The Kier molecular flexibility index (Phi) is 10.4. The Hall–Kier alpha value is -2.39. The Labute approximate surface area is 180 Å². The summed E-state index contributed by atoms with van der Waals surface area (Å²) in [6.07, 6.45) is 0.965. The second kappa shape index (κ2) is 13.0. The number of benzene rings is 2. The minimum Gasteiger partial charge on any atom is -0.492 e. The molecule has 1 saturated heterocycles. The van der Waals surface area contributed by atoms with E-state index < -0.39 is 11.9 Å². The van der Waals surface area contributed by atoms with Gasteiger partial charge in [-0.1, -0.05) is 41.9 Å². The first-order valence-corrected chi connectivity index (χ1v) is 10.1. The molecule has 0 unspecified atom stereocenters. The molecule has 1 heterocycles. The highest BCUT2D eigenvalue weighted by atomic mass is 35.5. The Bertz CT molecular complexity index is 814. The van der Waals surface area contributed by atoms with Crippen molar-refractivity contribution in [2.45, 2.75) is 6.42 Å². The number of hydrogen-bond donors (Lipinski definition) is 3. The summed E-state index contributed by atoms with van der Waals surface area (Å²) < 4.78 is 11.2. The summed E-state index contributed by atoms with van der Waals surface area (Å²) in [4.78, 5) is 20.6. The quantitative estimate of drug-likeness (QED) is 0.425. The second-order valence-corrected chi connectivity index (χ2v) is 6.99. The van der Waals surface area contributed by atoms with Gasteiger partial charge in [-0.05, 0) is 24.4 Å². The number of carboxylic acid groups (broad SMARTS) is 2. The zero-order valence-corrected chi connectivity index (χ0v) is 17.4. The van der Waals surface area contributed by atoms with Crippen LogP contribution in [-0.4, -0.2) is 79.6 Å². The fourth-order valence-corrected chi connectivity index (χ4v) is 3.18. The third-order valence-electron chi connectivity index (χ3n) is 4.47. The normalized spacial score (nSPS) is 14.0. The smallest absolute Gasteiger partial charge is 0.414 e. The van der Waals surface area contributed by atoms with Crippen molar-refractivity contribution in [3.63, 3.8) is 0 Å². The molecule has 0 spiro atoms. The third-order valence-corrected chi connectivity index (χ3v) is 4.86. The molecular weight excluding hydrogens is 412 g/mol. The number of fused-ring (bicyclic) bond motifs is 1. The van der Waals surface area contributed by atoms with Crippen molar-refractivity contribution in [1.82, 2.24) is 10.2 Å². The summed E-state index contributed by atoms with van der Waals surface area (Å²) in [6, 6.07) is 12.1. The molecule has 0 saturated carbocycles. The predicted octanol–water partition coefficient (Wildman–Crippen LogP) is 2.34. The summed E-state index contributed by atoms with van der Waals surface area (Å²) in [5.41, 5.74) is 0. The molecule has 0 amide bonds. The number of nitrogens with zero attached hydrogens (tertiary/aromatic N) is 1. The molecule has 1 fully saturated rings. The van der Waals surface area contributed by atoms with E-state index in [9.17, 15) is 0 Å². The van der Waals surface area contributed by atoms with Crippen molar-refractivity contribution in [3.8, 4) is 5.75 Å². The maximum atomic E-state index is 9.10. The van der Waals surface area contributed by atoms with Crippen molar-refractivity contribution in [2.24, 2.45) is 0 Å². The molecule has 0 aromatic heterocycles. The number of ether oxygens (including phenoxy) is 2. The number of morpholine rings is 1. The van der Waals surface area contributed by atoms with Crippen LogP contribution in [0.4, 0.5) is 0 Å². The van der Waals surface area contributed by atoms with Gasteiger partial charge in [0.05, 0.1) is 24.8 Å². The molecule has 0 bridgehead atoms. The lowest BCUT2D eigenvalue weighted by molar-refractivity contribution is -0.159. The molecule has 0 aliphatic carbocycles. The Morgan fingerprint density at radius 1 is 1.07 bits per heavy atom. The SMILES string of the molecule is Clc1c(OCCCNCCN2CCOCC2)ccc2ccccc12.O=C(O)C(=O)O. The maximum absolute atomic E-state index is 9.10. The minimum atomic E-state index is -1.82. The van der Waals surface area contributed by atoms with Gasteiger partial charge in [0.15, 0.2) is 0 Å². The third kappa shape index (κ3) is 8.16. The van der Waals surface area contributed by atoms with Gasteiger partial charge in [0.25, 0.3) is 0 Å². The Balaban J connectivity index is 0.000000469. The van der Waals surface area contributed by atoms with E-state index in [-0.39, 0.29) is 0 Å². The van der Waals surface area contributed by atoms with Gasteiger partial charge in [0, 0.05) is 31.6 Å². The van der Waals surface area contributed by atoms with E-state index in [1.165, 1.54) is 0 Å². The minimum absolute atomic E-state index is 0.669. The van der Waals surface area contributed by atoms with Crippen LogP contribution in [0.2, 0.25) is 5.02 Å². The van der Waals surface area contributed by atoms with E-state index in [0.29, 0.717) is 11.6 Å². The van der Waals surface area contributed by atoms with Gasteiger partial charge in [0.2, 0.25) is 0 Å². The van der Waals surface area contributed by atoms with Crippen molar-refractivity contribution in [1.29, 1.82) is 0 Å². The monoisotopic (exact) mass is 438 g/mol. The number of rotatable bonds is 8. The predicted molar refractivity (Wildman–Crippen MR) is 114 cm³/mol. The van der Waals surface area contributed by atoms with Gasteiger partial charge in [0.1, 0.15) is 5.75 Å². The van der Waals surface area contributed by atoms with E-state index in [4.69, 9.17) is 40.9 Å². The summed E-state index contributed by atoms with van der Waals surface area (Å²) in [5, 5.41) is 21.1. The first kappa shape index (κ1) is 23.9. The van der Waals surface area contributed by atoms with Crippen LogP contribution in [-0.2, 0) is 14.3 Å². The van der Waals surface area contributed by atoms with Crippen molar-refractivity contribution < 1.29 is 29.3 Å². The van der Waals surface area contributed by atoms with Crippen molar-refractivity contribution in [3.05, 3.63) is 41.4 Å². The largest absolute Gasteiger partial charge is 0.492 e. The van der Waals surface area contributed by atoms with E-state index in [0.717, 1.165) is 68.9 Å². The van der Waals surface area contributed by atoms with Crippen LogP contribution in [0, 0.1) is 0 Å². The fourth-order valence-electron chi connectivity index (χ4n) is 2.89. The molecular formula is C21H27ClN2O6. The van der Waals surface area contributed by atoms with Crippen molar-refractivity contribution >= 4 is 34.3 Å². The molecule has 3 N–H and O–H groups in total. The zero-order chi connectivity index (χ0) is 21.8. The average Bonchev–Trinajstić information content (AvgIpc) is 2.76.